The van der Waals surface area contributed by atoms with Crippen LogP contribution >= 0.6 is 45.3 Å². The fourth-order valence-electron chi connectivity index (χ4n) is 5.33. The van der Waals surface area contributed by atoms with E-state index in [-0.39, 0.29) is 16.8 Å². The predicted octanol–water partition coefficient (Wildman–Crippen LogP) is 9.04. The van der Waals surface area contributed by atoms with Crippen molar-refractivity contribution in [3.8, 4) is 21.9 Å². The summed E-state index contributed by atoms with van der Waals surface area (Å²) in [5, 5.41) is 18.4. The molecule has 2 aliphatic carbocycles. The molecule has 4 nitrogen and oxygen atoms in total. The van der Waals surface area contributed by atoms with Crippen molar-refractivity contribution in [2.45, 2.75) is 37.5 Å². The minimum atomic E-state index is 0.0302. The van der Waals surface area contributed by atoms with Crippen LogP contribution in [0.25, 0.3) is 50.4 Å². The van der Waals surface area contributed by atoms with Crippen LogP contribution in [0, 0.1) is 35.8 Å². The van der Waals surface area contributed by atoms with E-state index in [1.807, 2.05) is 34.8 Å². The van der Waals surface area contributed by atoms with Crippen molar-refractivity contribution in [3.63, 3.8) is 0 Å². The lowest BCUT2D eigenvalue weighted by Crippen LogP contribution is -2.27. The topological polar surface area (TPSA) is 56.3 Å². The van der Waals surface area contributed by atoms with Crippen molar-refractivity contribution in [2.24, 2.45) is 0 Å². The van der Waals surface area contributed by atoms with Gasteiger partial charge in [0.2, 0.25) is 0 Å². The second kappa shape index (κ2) is 7.92. The average Bonchev–Trinajstić information content (AvgIpc) is 3.63. The zero-order valence-electron chi connectivity index (χ0n) is 17.8. The molecule has 6 rings (SSSR count). The van der Waals surface area contributed by atoms with Crippen LogP contribution in [0.15, 0.2) is 23.5 Å². The number of hydrogen-bond donors (Lipinski definition) is 0. The molecule has 0 N–H and O–H groups in total. The predicted molar refractivity (Wildman–Crippen MR) is 143 cm³/mol. The van der Waals surface area contributed by atoms with Crippen LogP contribution < -0.4 is 0 Å². The second-order valence-corrected chi connectivity index (χ2v) is 12.7. The third-order valence-electron chi connectivity index (χ3n) is 6.69. The maximum atomic E-state index is 9.23. The molecule has 0 aromatic carbocycles. The molecular weight excluding hydrogens is 497 g/mol. The minimum Gasteiger partial charge on any atom is -0.227 e. The van der Waals surface area contributed by atoms with Gasteiger partial charge in [-0.2, -0.15) is 0 Å². The quantitative estimate of drug-likeness (QED) is 0.199. The van der Waals surface area contributed by atoms with Crippen LogP contribution in [-0.4, -0.2) is 0 Å². The second-order valence-electron chi connectivity index (χ2n) is 8.45. The maximum Gasteiger partial charge on any atom is 0.263 e. The highest BCUT2D eigenvalue weighted by Gasteiger charge is 2.48. The highest BCUT2D eigenvalue weighted by Crippen LogP contribution is 2.64. The fraction of sp³-hybridized carbons (Fsp3) is 0.231. The van der Waals surface area contributed by atoms with Gasteiger partial charge in [-0.15, -0.1) is 45.3 Å². The van der Waals surface area contributed by atoms with Crippen molar-refractivity contribution in [2.75, 3.05) is 0 Å². The molecule has 4 aromatic rings. The Morgan fingerprint density at radius 1 is 0.824 bits per heavy atom. The van der Waals surface area contributed by atoms with Gasteiger partial charge in [0.1, 0.15) is 0 Å². The molecule has 0 saturated heterocycles. The zero-order valence-corrected chi connectivity index (χ0v) is 21.0. The van der Waals surface area contributed by atoms with Crippen molar-refractivity contribution < 1.29 is 0 Å². The smallest absolute Gasteiger partial charge is 0.227 e. The Balaban J connectivity index is 1.57. The summed E-state index contributed by atoms with van der Waals surface area (Å²) in [5.41, 5.74) is 3.16. The Labute approximate surface area is 212 Å². The van der Waals surface area contributed by atoms with E-state index >= 15 is 0 Å². The van der Waals surface area contributed by atoms with Crippen molar-refractivity contribution >= 4 is 76.3 Å². The van der Waals surface area contributed by atoms with Gasteiger partial charge in [0, 0.05) is 30.3 Å². The van der Waals surface area contributed by atoms with E-state index in [0.29, 0.717) is 0 Å². The Bertz CT molecular complexity index is 1700. The van der Waals surface area contributed by atoms with Crippen LogP contribution in [0.2, 0.25) is 0 Å². The first kappa shape index (κ1) is 21.3. The molecule has 0 radical (unpaired) electrons. The largest absolute Gasteiger partial charge is 0.263 e. The van der Waals surface area contributed by atoms with Gasteiger partial charge in [0.25, 0.3) is 11.4 Å². The third kappa shape index (κ3) is 2.94. The van der Waals surface area contributed by atoms with E-state index in [4.69, 9.17) is 18.4 Å². The normalized spacial score (nSPS) is 16.7. The van der Waals surface area contributed by atoms with Gasteiger partial charge < -0.3 is 0 Å². The van der Waals surface area contributed by atoms with Gasteiger partial charge in [-0.25, -0.2) is 20.2 Å². The fourth-order valence-corrected chi connectivity index (χ4v) is 11.1. The number of fused-ring (bicyclic) bond motifs is 9. The summed E-state index contributed by atoms with van der Waals surface area (Å²) in [4.78, 5) is 11.2. The van der Waals surface area contributed by atoms with E-state index < -0.39 is 0 Å². The number of allylic oxidation sites excluding steroid dienone is 2. The first-order valence-corrected chi connectivity index (χ1v) is 14.0. The lowest BCUT2D eigenvalue weighted by Gasteiger charge is -2.35. The maximum absolute atomic E-state index is 9.23. The highest BCUT2D eigenvalue weighted by atomic mass is 32.1. The summed E-state index contributed by atoms with van der Waals surface area (Å²) in [6.45, 7) is 14.4. The molecular formula is C26H14N4S4. The summed E-state index contributed by atoms with van der Waals surface area (Å²) in [6, 6.07) is 8.30. The molecule has 4 aromatic heterocycles. The van der Waals surface area contributed by atoms with Crippen molar-refractivity contribution in [1.29, 1.82) is 10.5 Å². The molecule has 1 saturated carbocycles. The van der Waals surface area contributed by atoms with E-state index in [9.17, 15) is 5.26 Å². The van der Waals surface area contributed by atoms with Crippen molar-refractivity contribution in [1.82, 2.24) is 0 Å². The van der Waals surface area contributed by atoms with Crippen molar-refractivity contribution in [3.05, 3.63) is 67.2 Å². The molecule has 1 spiro atoms. The third-order valence-corrected chi connectivity index (χ3v) is 11.8. The van der Waals surface area contributed by atoms with E-state index in [1.54, 1.807) is 34.8 Å². The molecule has 1 fully saturated rings. The van der Waals surface area contributed by atoms with Crippen LogP contribution in [-0.2, 0) is 5.41 Å². The summed E-state index contributed by atoms with van der Waals surface area (Å²) in [6.07, 6.45) is 9.38. The monoisotopic (exact) mass is 510 g/mol. The molecule has 8 heteroatoms. The molecule has 0 aliphatic heterocycles. The Morgan fingerprint density at radius 3 is 2.15 bits per heavy atom. The molecule has 0 amide bonds. The van der Waals surface area contributed by atoms with Gasteiger partial charge in [-0.1, -0.05) is 19.3 Å². The first-order chi connectivity index (χ1) is 16.6. The summed E-state index contributed by atoms with van der Waals surface area (Å²) in [7, 11) is 0. The zero-order chi connectivity index (χ0) is 23.4. The standard InChI is InChI=1S/C26H14N4S4/c1-29-14(12-27)8-16-10-18-21(31-16)23-20(26(18)6-4-3-5-7-26)24-25(34-23)22-19(33-24)11-17(32-22)9-15(13-28)30-2/h8-11H,3-7H2/b14-8+,15-9-. The molecule has 162 valence electrons. The van der Waals surface area contributed by atoms with E-state index in [1.165, 1.54) is 58.9 Å². The van der Waals surface area contributed by atoms with Gasteiger partial charge in [0.15, 0.2) is 0 Å². The molecule has 0 bridgehead atoms. The number of nitrogens with zero attached hydrogens (tertiary/aromatic N) is 4. The lowest BCUT2D eigenvalue weighted by atomic mass is 9.68. The van der Waals surface area contributed by atoms with Gasteiger partial charge in [-0.05, 0) is 42.7 Å². The molecule has 34 heavy (non-hydrogen) atoms. The van der Waals surface area contributed by atoms with Gasteiger partial charge in [-0.3, -0.25) is 0 Å². The number of rotatable bonds is 2. The Morgan fingerprint density at radius 2 is 1.50 bits per heavy atom. The van der Waals surface area contributed by atoms with Crippen LogP contribution in [0.4, 0.5) is 0 Å². The van der Waals surface area contributed by atoms with E-state index in [2.05, 4.69) is 21.8 Å². The summed E-state index contributed by atoms with van der Waals surface area (Å²) >= 11 is 7.06. The Hall–Kier alpha value is -3.24. The highest BCUT2D eigenvalue weighted by molar-refractivity contribution is 7.40. The SMILES string of the molecule is [C-]#[N+]/C(C#N)=C\c1cc2sc3c4c(sc3c2s1)-c1sc(/C=C(\C#N)[N+]#[C-])cc1C41CCCCC1. The van der Waals surface area contributed by atoms with Crippen LogP contribution in [0.1, 0.15) is 53.0 Å². The molecule has 2 aliphatic rings. The minimum absolute atomic E-state index is 0.0302. The Kier molecular flexibility index (Phi) is 4.96. The number of thiophene rings is 4. The summed E-state index contributed by atoms with van der Waals surface area (Å²) < 4.78 is 5.18. The molecule has 0 unspecified atom stereocenters. The number of hydrogen-bond acceptors (Lipinski definition) is 6. The first-order valence-electron chi connectivity index (χ1n) is 10.7. The average molecular weight is 511 g/mol. The van der Waals surface area contributed by atoms with Gasteiger partial charge in [0.05, 0.1) is 44.3 Å². The molecule has 0 atom stereocenters. The van der Waals surface area contributed by atoms with E-state index in [0.717, 1.165) is 22.6 Å². The van der Waals surface area contributed by atoms with Crippen LogP contribution in [0.5, 0.6) is 0 Å². The molecule has 4 heterocycles. The van der Waals surface area contributed by atoms with Crippen LogP contribution in [0.3, 0.4) is 0 Å². The lowest BCUT2D eigenvalue weighted by molar-refractivity contribution is 0.356. The summed E-state index contributed by atoms with van der Waals surface area (Å²) in [5.74, 6) is 0. The van der Waals surface area contributed by atoms with Gasteiger partial charge >= 0.3 is 0 Å². The number of nitriles is 2.